The molecule has 1 atom stereocenters. The lowest BCUT2D eigenvalue weighted by atomic mass is 9.94. The van der Waals surface area contributed by atoms with Gasteiger partial charge in [0.05, 0.1) is 11.6 Å². The largest absolute Gasteiger partial charge is 0.351 e. The smallest absolute Gasteiger partial charge is 0.258 e. The van der Waals surface area contributed by atoms with E-state index in [1.54, 1.807) is 6.07 Å². The highest BCUT2D eigenvalue weighted by atomic mass is 32.1. The van der Waals surface area contributed by atoms with Gasteiger partial charge in [-0.15, -0.1) is 0 Å². The van der Waals surface area contributed by atoms with Crippen molar-refractivity contribution in [3.63, 3.8) is 0 Å². The lowest BCUT2D eigenvalue weighted by Crippen LogP contribution is -2.46. The van der Waals surface area contributed by atoms with Gasteiger partial charge >= 0.3 is 0 Å². The Kier molecular flexibility index (Phi) is 6.65. The third-order valence-corrected chi connectivity index (χ3v) is 6.82. The zero-order valence-electron chi connectivity index (χ0n) is 20.5. The predicted octanol–water partition coefficient (Wildman–Crippen LogP) is 6.87. The van der Waals surface area contributed by atoms with Gasteiger partial charge in [0.1, 0.15) is 5.82 Å². The van der Waals surface area contributed by atoms with Crippen LogP contribution in [0.3, 0.4) is 0 Å². The molecule has 1 aliphatic rings. The minimum Gasteiger partial charge on any atom is -0.351 e. The Morgan fingerprint density at radius 2 is 1.72 bits per heavy atom. The third kappa shape index (κ3) is 4.54. The Bertz CT molecular complexity index is 1440. The first kappa shape index (κ1) is 23.9. The van der Waals surface area contributed by atoms with Crippen LogP contribution in [0, 0.1) is 5.82 Å². The zero-order valence-corrected chi connectivity index (χ0v) is 21.3. The van der Waals surface area contributed by atoms with E-state index in [1.165, 1.54) is 23.3 Å². The van der Waals surface area contributed by atoms with Gasteiger partial charge in [-0.3, -0.25) is 4.90 Å². The number of aryl methyl sites for hydroxylation is 2. The molecule has 0 bridgehead atoms. The average Bonchev–Trinajstić information content (AvgIpc) is 3.38. The molecule has 4 aromatic rings. The van der Waals surface area contributed by atoms with Gasteiger partial charge in [-0.1, -0.05) is 67.5 Å². The number of nitrogens with zero attached hydrogens (tertiary/aromatic N) is 3. The van der Waals surface area contributed by atoms with Gasteiger partial charge in [0.2, 0.25) is 5.82 Å². The molecule has 0 radical (unpaired) electrons. The molecule has 1 N–H and O–H groups in total. The van der Waals surface area contributed by atoms with E-state index in [4.69, 9.17) is 21.7 Å². The lowest BCUT2D eigenvalue weighted by molar-refractivity contribution is 0.404. The molecular weight excluding hydrogens is 471 g/mol. The second-order valence-corrected chi connectivity index (χ2v) is 9.16. The molecule has 0 saturated heterocycles. The van der Waals surface area contributed by atoms with Crippen LogP contribution in [0.5, 0.6) is 0 Å². The van der Waals surface area contributed by atoms with Gasteiger partial charge in [0.15, 0.2) is 5.11 Å². The maximum atomic E-state index is 14.2. The number of benzene rings is 3. The van der Waals surface area contributed by atoms with Gasteiger partial charge in [-0.25, -0.2) is 4.39 Å². The number of anilines is 1. The Hall–Kier alpha value is -3.84. The van der Waals surface area contributed by atoms with Crippen LogP contribution in [-0.4, -0.2) is 15.3 Å². The molecule has 1 aliphatic heterocycles. The van der Waals surface area contributed by atoms with Crippen molar-refractivity contribution in [1.29, 1.82) is 0 Å². The molecule has 5 nitrogen and oxygen atoms in total. The second kappa shape index (κ2) is 10.0. The van der Waals surface area contributed by atoms with E-state index < -0.39 is 6.04 Å². The van der Waals surface area contributed by atoms with E-state index in [0.29, 0.717) is 16.8 Å². The molecule has 0 aliphatic carbocycles. The van der Waals surface area contributed by atoms with Crippen molar-refractivity contribution in [3.8, 4) is 11.4 Å². The molecule has 3 aromatic carbocycles. The molecule has 0 amide bonds. The van der Waals surface area contributed by atoms with Crippen molar-refractivity contribution in [2.75, 3.05) is 4.90 Å². The summed E-state index contributed by atoms with van der Waals surface area (Å²) in [5.41, 5.74) is 6.57. The molecule has 0 saturated carbocycles. The summed E-state index contributed by atoms with van der Waals surface area (Å²) < 4.78 is 20.0. The molecule has 182 valence electrons. The van der Waals surface area contributed by atoms with Gasteiger partial charge < -0.3 is 9.84 Å². The average molecular weight is 499 g/mol. The van der Waals surface area contributed by atoms with Crippen LogP contribution in [0.25, 0.3) is 17.0 Å². The second-order valence-electron chi connectivity index (χ2n) is 8.77. The van der Waals surface area contributed by atoms with Crippen molar-refractivity contribution in [2.45, 2.75) is 39.7 Å². The van der Waals surface area contributed by atoms with E-state index in [1.807, 2.05) is 42.2 Å². The number of thiocarbonyl (C=S) groups is 1. The summed E-state index contributed by atoms with van der Waals surface area (Å²) in [4.78, 5) is 6.73. The van der Waals surface area contributed by atoms with Crippen LogP contribution in [-0.2, 0) is 12.8 Å². The highest BCUT2D eigenvalue weighted by Crippen LogP contribution is 2.39. The molecule has 0 fully saturated rings. The van der Waals surface area contributed by atoms with Gasteiger partial charge in [0.25, 0.3) is 5.89 Å². The van der Waals surface area contributed by atoms with Crippen LogP contribution in [0.15, 0.2) is 83.0 Å². The standard InChI is InChI=1S/C29H27FN4OS/c1-4-19-12-14-21(15-13-19)27-32-28(35-33-27)25-18(3)34(24-11-6-8-20(5-2)16-24)29(36)31-26(25)22-9-7-10-23(30)17-22/h6-17,26H,4-5H2,1-3H3,(H,31,36). The molecule has 0 spiro atoms. The molecule has 2 heterocycles. The first-order valence-electron chi connectivity index (χ1n) is 12.1. The van der Waals surface area contributed by atoms with E-state index in [-0.39, 0.29) is 5.82 Å². The summed E-state index contributed by atoms with van der Waals surface area (Å²) in [6.45, 7) is 6.21. The summed E-state index contributed by atoms with van der Waals surface area (Å²) in [7, 11) is 0. The Labute approximate surface area is 215 Å². The summed E-state index contributed by atoms with van der Waals surface area (Å²) in [6.07, 6.45) is 1.87. The molecule has 5 rings (SSSR count). The Balaban J connectivity index is 1.64. The maximum Gasteiger partial charge on any atom is 0.258 e. The van der Waals surface area contributed by atoms with Gasteiger partial charge in [-0.05, 0) is 72.9 Å². The van der Waals surface area contributed by atoms with Crippen molar-refractivity contribution in [2.24, 2.45) is 0 Å². The minimum absolute atomic E-state index is 0.322. The maximum absolute atomic E-state index is 14.2. The van der Waals surface area contributed by atoms with Gasteiger partial charge in [-0.2, -0.15) is 4.98 Å². The highest BCUT2D eigenvalue weighted by Gasteiger charge is 2.35. The zero-order chi connectivity index (χ0) is 25.2. The summed E-state index contributed by atoms with van der Waals surface area (Å²) >= 11 is 5.80. The highest BCUT2D eigenvalue weighted by molar-refractivity contribution is 7.80. The van der Waals surface area contributed by atoms with E-state index in [2.05, 4.69) is 48.6 Å². The van der Waals surface area contributed by atoms with Crippen LogP contribution in [0.1, 0.15) is 49.4 Å². The monoisotopic (exact) mass is 498 g/mol. The fourth-order valence-corrected chi connectivity index (χ4v) is 4.88. The van der Waals surface area contributed by atoms with Gasteiger partial charge in [0, 0.05) is 16.9 Å². The minimum atomic E-state index is -0.449. The topological polar surface area (TPSA) is 54.2 Å². The van der Waals surface area contributed by atoms with Crippen LogP contribution >= 0.6 is 12.2 Å². The van der Waals surface area contributed by atoms with Crippen molar-refractivity contribution < 1.29 is 8.91 Å². The summed E-state index contributed by atoms with van der Waals surface area (Å²) in [5, 5.41) is 8.18. The molecule has 1 aromatic heterocycles. The van der Waals surface area contributed by atoms with Crippen LogP contribution < -0.4 is 10.2 Å². The van der Waals surface area contributed by atoms with E-state index >= 15 is 0 Å². The number of aromatic nitrogens is 2. The Morgan fingerprint density at radius 3 is 2.44 bits per heavy atom. The Morgan fingerprint density at radius 1 is 0.972 bits per heavy atom. The normalized spacial score (nSPS) is 15.8. The van der Waals surface area contributed by atoms with E-state index in [9.17, 15) is 4.39 Å². The molecular formula is C29H27FN4OS. The lowest BCUT2D eigenvalue weighted by Gasteiger charge is -2.37. The summed E-state index contributed by atoms with van der Waals surface area (Å²) in [6, 6.07) is 22.4. The number of allylic oxidation sites excluding steroid dienone is 1. The quantitative estimate of drug-likeness (QED) is 0.293. The molecule has 7 heteroatoms. The number of hydrogen-bond acceptors (Lipinski definition) is 4. The number of nitrogens with one attached hydrogen (secondary N) is 1. The number of rotatable bonds is 6. The third-order valence-electron chi connectivity index (χ3n) is 6.52. The first-order valence-corrected chi connectivity index (χ1v) is 12.5. The summed E-state index contributed by atoms with van der Waals surface area (Å²) in [5.74, 6) is 0.541. The fourth-order valence-electron chi connectivity index (χ4n) is 4.52. The first-order chi connectivity index (χ1) is 17.5. The fraction of sp³-hybridized carbons (Fsp3) is 0.207. The molecule has 1 unspecified atom stereocenters. The van der Waals surface area contributed by atoms with Crippen molar-refractivity contribution in [1.82, 2.24) is 15.5 Å². The SMILES string of the molecule is CCc1ccc(-c2noc(C3=C(C)N(c4cccc(CC)c4)C(=S)NC3c3cccc(F)c3)n2)cc1. The van der Waals surface area contributed by atoms with Crippen molar-refractivity contribution in [3.05, 3.63) is 107 Å². The van der Waals surface area contributed by atoms with Crippen LogP contribution in [0.2, 0.25) is 0 Å². The number of hydrogen-bond donors (Lipinski definition) is 1. The van der Waals surface area contributed by atoms with Crippen molar-refractivity contribution >= 4 is 28.6 Å². The predicted molar refractivity (Wildman–Crippen MR) is 145 cm³/mol. The molecule has 36 heavy (non-hydrogen) atoms. The number of halogens is 1. The van der Waals surface area contributed by atoms with Crippen LogP contribution in [0.4, 0.5) is 10.1 Å². The van der Waals surface area contributed by atoms with E-state index in [0.717, 1.165) is 40.9 Å².